The number of amides is 1. The Morgan fingerprint density at radius 2 is 1.95 bits per heavy atom. The van der Waals surface area contributed by atoms with Gasteiger partial charge in [-0.3, -0.25) is 14.5 Å². The summed E-state index contributed by atoms with van der Waals surface area (Å²) in [5.74, 6) is 0.0592. The molecule has 1 aromatic rings. The fourth-order valence-electron chi connectivity index (χ4n) is 1.85. The maximum atomic E-state index is 12.2. The molecule has 1 heterocycles. The number of hydrogen-bond donors (Lipinski definition) is 1. The van der Waals surface area contributed by atoms with Gasteiger partial charge in [0.25, 0.3) is 0 Å². The number of carbonyl (C=O) groups is 2. The summed E-state index contributed by atoms with van der Waals surface area (Å²) >= 11 is 1.55. The van der Waals surface area contributed by atoms with Crippen LogP contribution in [0.3, 0.4) is 0 Å². The molecular weight excluding hydrogens is 272 g/mol. The minimum atomic E-state index is -0.0323. The molecule has 0 unspecified atom stereocenters. The second kappa shape index (κ2) is 8.17. The van der Waals surface area contributed by atoms with Gasteiger partial charge in [-0.25, -0.2) is 0 Å². The number of aryl methyl sites for hydroxylation is 1. The van der Waals surface area contributed by atoms with Crippen LogP contribution in [-0.2, 0) is 11.2 Å². The van der Waals surface area contributed by atoms with E-state index in [1.807, 2.05) is 37.8 Å². The molecule has 0 aliphatic carbocycles. The van der Waals surface area contributed by atoms with E-state index >= 15 is 0 Å². The monoisotopic (exact) mass is 296 g/mol. The fraction of sp³-hybridized carbons (Fsp3) is 0.600. The van der Waals surface area contributed by atoms with Gasteiger partial charge in [-0.1, -0.05) is 13.8 Å². The van der Waals surface area contributed by atoms with Gasteiger partial charge in [-0.05, 0) is 38.9 Å². The quantitative estimate of drug-likeness (QED) is 0.749. The largest absolute Gasteiger partial charge is 0.353 e. The van der Waals surface area contributed by atoms with Crippen molar-refractivity contribution in [2.75, 3.05) is 19.6 Å². The van der Waals surface area contributed by atoms with E-state index in [0.717, 1.165) is 11.3 Å². The van der Waals surface area contributed by atoms with Gasteiger partial charge in [-0.2, -0.15) is 0 Å². The van der Waals surface area contributed by atoms with Crippen LogP contribution >= 0.6 is 11.3 Å². The van der Waals surface area contributed by atoms with Crippen molar-refractivity contribution in [3.63, 3.8) is 0 Å². The van der Waals surface area contributed by atoms with Crippen LogP contribution in [0, 0.1) is 0 Å². The third-order valence-corrected chi connectivity index (χ3v) is 4.19. The van der Waals surface area contributed by atoms with E-state index in [2.05, 4.69) is 12.2 Å². The third-order valence-electron chi connectivity index (χ3n) is 2.92. The van der Waals surface area contributed by atoms with E-state index in [0.29, 0.717) is 13.1 Å². The second-order valence-electron chi connectivity index (χ2n) is 5.07. The molecule has 0 aromatic carbocycles. The van der Waals surface area contributed by atoms with Crippen molar-refractivity contribution >= 4 is 23.0 Å². The summed E-state index contributed by atoms with van der Waals surface area (Å²) in [6.07, 6.45) is 0.951. The molecule has 112 valence electrons. The minimum Gasteiger partial charge on any atom is -0.353 e. The van der Waals surface area contributed by atoms with Crippen molar-refractivity contribution in [3.05, 3.63) is 21.9 Å². The molecule has 5 heteroatoms. The van der Waals surface area contributed by atoms with Crippen molar-refractivity contribution in [1.29, 1.82) is 0 Å². The highest BCUT2D eigenvalue weighted by atomic mass is 32.1. The van der Waals surface area contributed by atoms with E-state index in [9.17, 15) is 9.59 Å². The summed E-state index contributed by atoms with van der Waals surface area (Å²) in [5.41, 5.74) is 0. The molecule has 1 amide bonds. The third kappa shape index (κ3) is 5.43. The molecule has 0 saturated heterocycles. The molecule has 20 heavy (non-hydrogen) atoms. The topological polar surface area (TPSA) is 49.4 Å². The zero-order chi connectivity index (χ0) is 15.1. The maximum Gasteiger partial charge on any atom is 0.234 e. The van der Waals surface area contributed by atoms with Crippen molar-refractivity contribution in [2.45, 2.75) is 40.2 Å². The average molecular weight is 296 g/mol. The fourth-order valence-corrected chi connectivity index (χ4v) is 2.73. The first-order valence-corrected chi connectivity index (χ1v) is 7.91. The smallest absolute Gasteiger partial charge is 0.234 e. The summed E-state index contributed by atoms with van der Waals surface area (Å²) in [4.78, 5) is 27.8. The van der Waals surface area contributed by atoms with Crippen molar-refractivity contribution in [2.24, 2.45) is 0 Å². The number of carbonyl (C=O) groups excluding carboxylic acids is 2. The number of nitrogens with zero attached hydrogens (tertiary/aromatic N) is 1. The van der Waals surface area contributed by atoms with Gasteiger partial charge in [0.1, 0.15) is 0 Å². The lowest BCUT2D eigenvalue weighted by atomic mass is 10.2. The normalized spacial score (nSPS) is 11.1. The van der Waals surface area contributed by atoms with Crippen LogP contribution in [-0.4, -0.2) is 42.3 Å². The highest BCUT2D eigenvalue weighted by molar-refractivity contribution is 7.14. The summed E-state index contributed by atoms with van der Waals surface area (Å²) in [5, 5.41) is 2.84. The molecule has 1 rings (SSSR count). The van der Waals surface area contributed by atoms with Crippen LogP contribution in [0.4, 0.5) is 0 Å². The molecule has 1 N–H and O–H groups in total. The Morgan fingerprint density at radius 3 is 2.45 bits per heavy atom. The van der Waals surface area contributed by atoms with E-state index in [-0.39, 0.29) is 24.3 Å². The first kappa shape index (κ1) is 16.9. The molecule has 0 spiro atoms. The van der Waals surface area contributed by atoms with Crippen LogP contribution < -0.4 is 5.32 Å². The first-order chi connectivity index (χ1) is 9.46. The van der Waals surface area contributed by atoms with E-state index in [1.165, 1.54) is 4.88 Å². The Bertz CT molecular complexity index is 454. The number of Topliss-reactive ketones (excluding diaryl/α,β-unsaturated/α-hetero) is 1. The SMILES string of the molecule is CCc1ccc(C(=O)CN(CC)CC(=O)NC(C)C)s1. The molecule has 0 aliphatic rings. The number of thiophene rings is 1. The summed E-state index contributed by atoms with van der Waals surface area (Å²) < 4.78 is 0. The van der Waals surface area contributed by atoms with Crippen LogP contribution in [0.5, 0.6) is 0 Å². The van der Waals surface area contributed by atoms with E-state index in [4.69, 9.17) is 0 Å². The minimum absolute atomic E-state index is 0.0323. The van der Waals surface area contributed by atoms with Crippen LogP contribution in [0.1, 0.15) is 42.2 Å². The van der Waals surface area contributed by atoms with Crippen LogP contribution in [0.25, 0.3) is 0 Å². The number of rotatable bonds is 8. The van der Waals surface area contributed by atoms with Gasteiger partial charge in [0, 0.05) is 10.9 Å². The van der Waals surface area contributed by atoms with Gasteiger partial charge >= 0.3 is 0 Å². The molecular formula is C15H24N2O2S. The molecule has 1 aromatic heterocycles. The molecule has 0 saturated carbocycles. The molecule has 4 nitrogen and oxygen atoms in total. The first-order valence-electron chi connectivity index (χ1n) is 7.09. The lowest BCUT2D eigenvalue weighted by Crippen LogP contribution is -2.41. The molecule has 0 bridgehead atoms. The number of nitrogens with one attached hydrogen (secondary N) is 1. The van der Waals surface area contributed by atoms with Crippen LogP contribution in [0.15, 0.2) is 12.1 Å². The Kier molecular flexibility index (Phi) is 6.88. The van der Waals surface area contributed by atoms with E-state index in [1.54, 1.807) is 11.3 Å². The molecule has 0 atom stereocenters. The second-order valence-corrected chi connectivity index (χ2v) is 6.24. The predicted octanol–water partition coefficient (Wildman–Crippen LogP) is 2.34. The summed E-state index contributed by atoms with van der Waals surface area (Å²) in [6, 6.07) is 4.01. The standard InChI is InChI=1S/C15H24N2O2S/c1-5-12-7-8-14(20-12)13(18)9-17(6-2)10-15(19)16-11(3)4/h7-8,11H,5-6,9-10H2,1-4H3,(H,16,19). The number of ketones is 1. The zero-order valence-corrected chi connectivity index (χ0v) is 13.5. The zero-order valence-electron chi connectivity index (χ0n) is 12.7. The van der Waals surface area contributed by atoms with Gasteiger partial charge in [0.05, 0.1) is 18.0 Å². The van der Waals surface area contributed by atoms with Gasteiger partial charge < -0.3 is 5.32 Å². The predicted molar refractivity (Wildman–Crippen MR) is 83.4 cm³/mol. The highest BCUT2D eigenvalue weighted by Gasteiger charge is 2.16. The summed E-state index contributed by atoms with van der Waals surface area (Å²) in [7, 11) is 0. The number of hydrogen-bond acceptors (Lipinski definition) is 4. The van der Waals surface area contributed by atoms with Crippen molar-refractivity contribution in [3.8, 4) is 0 Å². The Balaban J connectivity index is 2.55. The Labute approximate surface area is 125 Å². The Morgan fingerprint density at radius 1 is 1.25 bits per heavy atom. The maximum absolute atomic E-state index is 12.2. The average Bonchev–Trinajstić information content (AvgIpc) is 2.85. The lowest BCUT2D eigenvalue weighted by molar-refractivity contribution is -0.122. The summed E-state index contributed by atoms with van der Waals surface area (Å²) in [6.45, 7) is 9.15. The highest BCUT2D eigenvalue weighted by Crippen LogP contribution is 2.17. The van der Waals surface area contributed by atoms with Crippen LogP contribution in [0.2, 0.25) is 0 Å². The van der Waals surface area contributed by atoms with Gasteiger partial charge in [0.2, 0.25) is 5.91 Å². The van der Waals surface area contributed by atoms with Gasteiger partial charge in [0.15, 0.2) is 5.78 Å². The lowest BCUT2D eigenvalue weighted by Gasteiger charge is -2.19. The van der Waals surface area contributed by atoms with E-state index < -0.39 is 0 Å². The number of likely N-dealkylation sites (N-methyl/N-ethyl adjacent to an activating group) is 1. The molecule has 0 fully saturated rings. The molecule has 0 radical (unpaired) electrons. The van der Waals surface area contributed by atoms with Gasteiger partial charge in [-0.15, -0.1) is 11.3 Å². The van der Waals surface area contributed by atoms with Crippen molar-refractivity contribution < 1.29 is 9.59 Å². The molecule has 0 aliphatic heterocycles. The van der Waals surface area contributed by atoms with Crippen molar-refractivity contribution in [1.82, 2.24) is 10.2 Å². The Hall–Kier alpha value is -1.20.